The second kappa shape index (κ2) is 9.50. The molecular formula is C16H27N3O2. The Morgan fingerprint density at radius 3 is 2.48 bits per heavy atom. The van der Waals surface area contributed by atoms with Crippen molar-refractivity contribution in [1.82, 2.24) is 4.90 Å². The summed E-state index contributed by atoms with van der Waals surface area (Å²) in [5.74, 6) is 0.00477. The monoisotopic (exact) mass is 293 g/mol. The van der Waals surface area contributed by atoms with Crippen LogP contribution in [0.15, 0.2) is 24.3 Å². The molecule has 5 heteroatoms. The largest absolute Gasteiger partial charge is 0.396 e. The van der Waals surface area contributed by atoms with Crippen LogP contribution in [0.25, 0.3) is 0 Å². The molecule has 0 saturated heterocycles. The summed E-state index contributed by atoms with van der Waals surface area (Å²) in [4.78, 5) is 14.2. The van der Waals surface area contributed by atoms with Crippen molar-refractivity contribution in [1.29, 1.82) is 0 Å². The summed E-state index contributed by atoms with van der Waals surface area (Å²) in [5, 5.41) is 11.8. The molecule has 0 aliphatic heterocycles. The first-order valence-corrected chi connectivity index (χ1v) is 7.50. The van der Waals surface area contributed by atoms with Crippen molar-refractivity contribution in [2.45, 2.75) is 39.3 Å². The van der Waals surface area contributed by atoms with Gasteiger partial charge in [0.15, 0.2) is 0 Å². The molecule has 0 atom stereocenters. The number of hydrogen-bond donors (Lipinski definition) is 3. The van der Waals surface area contributed by atoms with E-state index in [1.165, 1.54) is 0 Å². The van der Waals surface area contributed by atoms with Crippen molar-refractivity contribution in [3.8, 4) is 0 Å². The van der Waals surface area contributed by atoms with E-state index in [1.807, 2.05) is 24.3 Å². The van der Waals surface area contributed by atoms with Crippen LogP contribution in [0.2, 0.25) is 0 Å². The Labute approximate surface area is 127 Å². The maximum Gasteiger partial charge on any atom is 0.225 e. The van der Waals surface area contributed by atoms with Gasteiger partial charge < -0.3 is 21.1 Å². The number of carbonyl (C=O) groups is 1. The second-order valence-electron chi connectivity index (χ2n) is 5.41. The lowest BCUT2D eigenvalue weighted by Gasteiger charge is -2.25. The fourth-order valence-corrected chi connectivity index (χ4v) is 2.09. The number of carbonyl (C=O) groups excluding carboxylic acids is 1. The van der Waals surface area contributed by atoms with Gasteiger partial charge in [-0.1, -0.05) is 12.1 Å². The van der Waals surface area contributed by atoms with E-state index in [0.29, 0.717) is 25.6 Å². The molecule has 0 radical (unpaired) electrons. The quantitative estimate of drug-likeness (QED) is 0.646. The van der Waals surface area contributed by atoms with Gasteiger partial charge in [-0.2, -0.15) is 0 Å². The SMILES string of the molecule is CC(C)N(CCCO)CCC(=O)Nc1ccc(CN)cc1. The van der Waals surface area contributed by atoms with E-state index in [-0.39, 0.29) is 12.5 Å². The maximum atomic E-state index is 12.0. The molecule has 1 aromatic carbocycles. The smallest absolute Gasteiger partial charge is 0.225 e. The summed E-state index contributed by atoms with van der Waals surface area (Å²) in [7, 11) is 0. The number of nitrogens with one attached hydrogen (secondary N) is 1. The van der Waals surface area contributed by atoms with E-state index >= 15 is 0 Å². The summed E-state index contributed by atoms with van der Waals surface area (Å²) in [6, 6.07) is 7.93. The number of benzene rings is 1. The number of aliphatic hydroxyl groups excluding tert-OH is 1. The second-order valence-corrected chi connectivity index (χ2v) is 5.41. The van der Waals surface area contributed by atoms with Crippen LogP contribution in [0.1, 0.15) is 32.3 Å². The van der Waals surface area contributed by atoms with Crippen molar-refractivity contribution in [3.05, 3.63) is 29.8 Å². The number of amides is 1. The fraction of sp³-hybridized carbons (Fsp3) is 0.562. The zero-order valence-corrected chi connectivity index (χ0v) is 13.0. The summed E-state index contributed by atoms with van der Waals surface area (Å²) < 4.78 is 0. The summed E-state index contributed by atoms with van der Waals surface area (Å²) >= 11 is 0. The van der Waals surface area contributed by atoms with E-state index < -0.39 is 0 Å². The molecule has 21 heavy (non-hydrogen) atoms. The highest BCUT2D eigenvalue weighted by Crippen LogP contribution is 2.10. The van der Waals surface area contributed by atoms with Gasteiger partial charge in [0.2, 0.25) is 5.91 Å². The van der Waals surface area contributed by atoms with Crippen molar-refractivity contribution < 1.29 is 9.90 Å². The molecule has 4 N–H and O–H groups in total. The Balaban J connectivity index is 2.40. The highest BCUT2D eigenvalue weighted by atomic mass is 16.3. The molecule has 0 spiro atoms. The van der Waals surface area contributed by atoms with Gasteiger partial charge in [0.25, 0.3) is 0 Å². The molecule has 0 aliphatic carbocycles. The molecule has 0 aliphatic rings. The zero-order chi connectivity index (χ0) is 15.7. The highest BCUT2D eigenvalue weighted by molar-refractivity contribution is 5.90. The van der Waals surface area contributed by atoms with Gasteiger partial charge in [0, 0.05) is 44.4 Å². The average Bonchev–Trinajstić information content (AvgIpc) is 2.47. The number of anilines is 1. The lowest BCUT2D eigenvalue weighted by Crippen LogP contribution is -2.35. The number of rotatable bonds is 9. The minimum absolute atomic E-state index is 0.00477. The first-order chi connectivity index (χ1) is 10.1. The molecule has 0 aromatic heterocycles. The van der Waals surface area contributed by atoms with Crippen LogP contribution in [0.4, 0.5) is 5.69 Å². The van der Waals surface area contributed by atoms with Gasteiger partial charge in [0.05, 0.1) is 0 Å². The third-order valence-electron chi connectivity index (χ3n) is 3.43. The number of nitrogens with two attached hydrogens (primary N) is 1. The molecule has 0 fully saturated rings. The van der Waals surface area contributed by atoms with E-state index in [0.717, 1.165) is 24.2 Å². The Hall–Kier alpha value is -1.43. The Morgan fingerprint density at radius 2 is 1.95 bits per heavy atom. The van der Waals surface area contributed by atoms with Gasteiger partial charge in [-0.25, -0.2) is 0 Å². The zero-order valence-electron chi connectivity index (χ0n) is 13.0. The minimum atomic E-state index is 0.00477. The van der Waals surface area contributed by atoms with Crippen molar-refractivity contribution in [3.63, 3.8) is 0 Å². The highest BCUT2D eigenvalue weighted by Gasteiger charge is 2.11. The molecule has 0 heterocycles. The normalized spacial score (nSPS) is 11.1. The van der Waals surface area contributed by atoms with Gasteiger partial charge >= 0.3 is 0 Å². The molecule has 0 unspecified atom stereocenters. The Kier molecular flexibility index (Phi) is 7.97. The van der Waals surface area contributed by atoms with Crippen molar-refractivity contribution >= 4 is 11.6 Å². The molecule has 1 amide bonds. The third-order valence-corrected chi connectivity index (χ3v) is 3.43. The topological polar surface area (TPSA) is 78.6 Å². The fourth-order valence-electron chi connectivity index (χ4n) is 2.09. The number of aliphatic hydroxyl groups is 1. The van der Waals surface area contributed by atoms with Gasteiger partial charge in [0.1, 0.15) is 0 Å². The van der Waals surface area contributed by atoms with Crippen LogP contribution in [0.3, 0.4) is 0 Å². The predicted octanol–water partition coefficient (Wildman–Crippen LogP) is 1.57. The minimum Gasteiger partial charge on any atom is -0.396 e. The maximum absolute atomic E-state index is 12.0. The Morgan fingerprint density at radius 1 is 1.29 bits per heavy atom. The summed E-state index contributed by atoms with van der Waals surface area (Å²) in [6.45, 7) is 6.39. The molecule has 0 saturated carbocycles. The van der Waals surface area contributed by atoms with Crippen LogP contribution < -0.4 is 11.1 Å². The molecule has 0 bridgehead atoms. The van der Waals surface area contributed by atoms with E-state index in [1.54, 1.807) is 0 Å². The third kappa shape index (κ3) is 6.71. The van der Waals surface area contributed by atoms with Gasteiger partial charge in [-0.05, 0) is 38.0 Å². The summed E-state index contributed by atoms with van der Waals surface area (Å²) in [6.07, 6.45) is 1.18. The van der Waals surface area contributed by atoms with Crippen LogP contribution in [-0.2, 0) is 11.3 Å². The van der Waals surface area contributed by atoms with E-state index in [2.05, 4.69) is 24.1 Å². The first kappa shape index (κ1) is 17.6. The van der Waals surface area contributed by atoms with Crippen LogP contribution >= 0.6 is 0 Å². The van der Waals surface area contributed by atoms with Gasteiger partial charge in [-0.15, -0.1) is 0 Å². The number of hydrogen-bond acceptors (Lipinski definition) is 4. The van der Waals surface area contributed by atoms with E-state index in [9.17, 15) is 4.79 Å². The molecule has 1 aromatic rings. The van der Waals surface area contributed by atoms with Crippen molar-refractivity contribution in [2.24, 2.45) is 5.73 Å². The van der Waals surface area contributed by atoms with Crippen LogP contribution in [-0.4, -0.2) is 41.7 Å². The average molecular weight is 293 g/mol. The summed E-state index contributed by atoms with van der Waals surface area (Å²) in [5.41, 5.74) is 7.38. The predicted molar refractivity (Wildman–Crippen MR) is 86.0 cm³/mol. The van der Waals surface area contributed by atoms with E-state index in [4.69, 9.17) is 10.8 Å². The number of nitrogens with zero attached hydrogens (tertiary/aromatic N) is 1. The molecular weight excluding hydrogens is 266 g/mol. The van der Waals surface area contributed by atoms with Crippen LogP contribution in [0.5, 0.6) is 0 Å². The lowest BCUT2D eigenvalue weighted by molar-refractivity contribution is -0.116. The van der Waals surface area contributed by atoms with Gasteiger partial charge in [-0.3, -0.25) is 4.79 Å². The molecule has 1 rings (SSSR count). The first-order valence-electron chi connectivity index (χ1n) is 7.50. The van der Waals surface area contributed by atoms with Crippen molar-refractivity contribution in [2.75, 3.05) is 25.0 Å². The molecule has 118 valence electrons. The molecule has 5 nitrogen and oxygen atoms in total. The standard InChI is InChI=1S/C16H27N3O2/c1-13(2)19(9-3-11-20)10-8-16(21)18-15-6-4-14(12-17)5-7-15/h4-7,13,20H,3,8-12,17H2,1-2H3,(H,18,21). The Bertz CT molecular complexity index is 418. The van der Waals surface area contributed by atoms with Crippen LogP contribution in [0, 0.1) is 0 Å². The lowest BCUT2D eigenvalue weighted by atomic mass is 10.2.